The third-order valence-corrected chi connectivity index (χ3v) is 6.33. The summed E-state index contributed by atoms with van der Waals surface area (Å²) in [6.45, 7) is 1.98. The Morgan fingerprint density at radius 2 is 0.921 bits per heavy atom. The lowest BCUT2D eigenvalue weighted by Gasteiger charge is -2.09. The molecule has 4 nitrogen and oxygen atoms in total. The number of carbonyl (C=O) groups excluding carboxylic acids is 2. The van der Waals surface area contributed by atoms with Crippen LogP contribution in [-0.2, 0) is 0 Å². The van der Waals surface area contributed by atoms with E-state index in [9.17, 15) is 9.59 Å². The van der Waals surface area contributed by atoms with Gasteiger partial charge >= 0.3 is 0 Å². The van der Waals surface area contributed by atoms with E-state index < -0.39 is 0 Å². The number of hydrogen-bond acceptors (Lipinski definition) is 4. The lowest BCUT2D eigenvalue weighted by Crippen LogP contribution is -2.06. The van der Waals surface area contributed by atoms with Gasteiger partial charge in [0.05, 0.1) is 7.11 Å². The van der Waals surface area contributed by atoms with Crippen LogP contribution >= 0.6 is 0 Å². The van der Waals surface area contributed by atoms with E-state index in [4.69, 9.17) is 9.47 Å². The summed E-state index contributed by atoms with van der Waals surface area (Å²) in [5, 5.41) is 0. The summed E-state index contributed by atoms with van der Waals surface area (Å²) < 4.78 is 11.2. The fourth-order valence-electron chi connectivity index (χ4n) is 4.15. The fourth-order valence-corrected chi connectivity index (χ4v) is 4.15. The summed E-state index contributed by atoms with van der Waals surface area (Å²) >= 11 is 0. The maximum absolute atomic E-state index is 13.1. The molecular formula is C34H26O4. The van der Waals surface area contributed by atoms with Crippen LogP contribution in [0.3, 0.4) is 0 Å². The first kappa shape index (κ1) is 24.7. The molecule has 0 radical (unpaired) electrons. The van der Waals surface area contributed by atoms with Crippen LogP contribution in [-0.4, -0.2) is 18.7 Å². The topological polar surface area (TPSA) is 52.6 Å². The zero-order valence-electron chi connectivity index (χ0n) is 21.2. The quantitative estimate of drug-likeness (QED) is 0.204. The van der Waals surface area contributed by atoms with Crippen molar-refractivity contribution in [2.45, 2.75) is 6.92 Å². The molecule has 0 spiro atoms. The summed E-state index contributed by atoms with van der Waals surface area (Å²) in [6.07, 6.45) is 0. The Bertz CT molecular complexity index is 1560. The summed E-state index contributed by atoms with van der Waals surface area (Å²) in [5.74, 6) is 1.88. The minimum Gasteiger partial charge on any atom is -0.497 e. The second-order valence-electron chi connectivity index (χ2n) is 8.98. The smallest absolute Gasteiger partial charge is 0.193 e. The average molecular weight is 499 g/mol. The Hall–Kier alpha value is -4.96. The Kier molecular flexibility index (Phi) is 7.14. The number of hydrogen-bond donors (Lipinski definition) is 0. The SMILES string of the molecule is COc1ccc(-c2ccc(Oc3ccc(C(=O)c4cccc(C(=O)c5ccc(C)cc5)c4)cc3)cc2)cc1. The van der Waals surface area contributed by atoms with E-state index in [1.807, 2.05) is 67.6 Å². The molecule has 0 heterocycles. The zero-order valence-corrected chi connectivity index (χ0v) is 21.2. The minimum atomic E-state index is -0.154. The number of ketones is 2. The normalized spacial score (nSPS) is 10.6. The van der Waals surface area contributed by atoms with Gasteiger partial charge in [-0.2, -0.15) is 0 Å². The van der Waals surface area contributed by atoms with Gasteiger partial charge in [-0.1, -0.05) is 72.3 Å². The molecule has 0 unspecified atom stereocenters. The summed E-state index contributed by atoms with van der Waals surface area (Å²) in [5.41, 5.74) is 5.31. The van der Waals surface area contributed by atoms with Crippen molar-refractivity contribution in [2.75, 3.05) is 7.11 Å². The standard InChI is InChI=1S/C34H26O4/c1-23-6-8-26(9-7-23)33(35)28-4-3-5-29(22-28)34(36)27-14-20-32(21-15-27)38-31-18-12-25(13-19-31)24-10-16-30(37-2)17-11-24/h3-22H,1-2H3. The molecule has 0 aromatic heterocycles. The third kappa shape index (κ3) is 5.55. The molecule has 5 aromatic carbocycles. The van der Waals surface area contributed by atoms with Crippen molar-refractivity contribution < 1.29 is 19.1 Å². The van der Waals surface area contributed by atoms with Gasteiger partial charge in [-0.3, -0.25) is 9.59 Å². The lowest BCUT2D eigenvalue weighted by atomic mass is 9.97. The van der Waals surface area contributed by atoms with Crippen molar-refractivity contribution in [1.82, 2.24) is 0 Å². The number of rotatable bonds is 8. The second kappa shape index (κ2) is 11.0. The molecule has 0 saturated carbocycles. The van der Waals surface area contributed by atoms with Gasteiger partial charge in [0, 0.05) is 22.3 Å². The molecule has 0 aliphatic heterocycles. The molecule has 0 bridgehead atoms. The monoisotopic (exact) mass is 498 g/mol. The molecular weight excluding hydrogens is 472 g/mol. The van der Waals surface area contributed by atoms with Crippen LogP contribution in [0.4, 0.5) is 0 Å². The van der Waals surface area contributed by atoms with E-state index in [0.29, 0.717) is 33.8 Å². The van der Waals surface area contributed by atoms with Crippen molar-refractivity contribution in [1.29, 1.82) is 0 Å². The van der Waals surface area contributed by atoms with Gasteiger partial charge in [0.1, 0.15) is 17.2 Å². The first-order chi connectivity index (χ1) is 18.5. The van der Waals surface area contributed by atoms with Crippen LogP contribution in [0.5, 0.6) is 17.2 Å². The van der Waals surface area contributed by atoms with Crippen LogP contribution in [0.25, 0.3) is 11.1 Å². The number of ether oxygens (including phenoxy) is 2. The van der Waals surface area contributed by atoms with Gasteiger partial charge in [0.15, 0.2) is 11.6 Å². The van der Waals surface area contributed by atoms with Crippen LogP contribution < -0.4 is 9.47 Å². The molecule has 0 amide bonds. The van der Waals surface area contributed by atoms with Gasteiger partial charge < -0.3 is 9.47 Å². The molecule has 0 atom stereocenters. The fraction of sp³-hybridized carbons (Fsp3) is 0.0588. The Morgan fingerprint density at radius 3 is 1.39 bits per heavy atom. The molecule has 5 rings (SSSR count). The highest BCUT2D eigenvalue weighted by molar-refractivity contribution is 6.13. The Morgan fingerprint density at radius 1 is 0.500 bits per heavy atom. The Labute approximate surface area is 222 Å². The van der Waals surface area contributed by atoms with Gasteiger partial charge in [-0.05, 0) is 72.6 Å². The van der Waals surface area contributed by atoms with Gasteiger partial charge in [0.25, 0.3) is 0 Å². The highest BCUT2D eigenvalue weighted by Gasteiger charge is 2.14. The predicted molar refractivity (Wildman–Crippen MR) is 149 cm³/mol. The van der Waals surface area contributed by atoms with E-state index in [2.05, 4.69) is 0 Å². The van der Waals surface area contributed by atoms with Crippen LogP contribution in [0, 0.1) is 6.92 Å². The molecule has 0 saturated heterocycles. The minimum absolute atomic E-state index is 0.110. The second-order valence-corrected chi connectivity index (χ2v) is 8.98. The summed E-state index contributed by atoms with van der Waals surface area (Å²) in [4.78, 5) is 26.0. The van der Waals surface area contributed by atoms with Gasteiger partial charge in [-0.25, -0.2) is 0 Å². The summed E-state index contributed by atoms with van der Waals surface area (Å²) in [6, 6.07) is 37.0. The molecule has 5 aromatic rings. The van der Waals surface area contributed by atoms with Crippen molar-refractivity contribution >= 4 is 11.6 Å². The number of methoxy groups -OCH3 is 1. The Balaban J connectivity index is 1.26. The molecule has 4 heteroatoms. The number of aryl methyl sites for hydroxylation is 1. The van der Waals surface area contributed by atoms with E-state index in [-0.39, 0.29) is 11.6 Å². The van der Waals surface area contributed by atoms with Crippen LogP contribution in [0.15, 0.2) is 121 Å². The van der Waals surface area contributed by atoms with Crippen molar-refractivity contribution in [3.8, 4) is 28.4 Å². The molecule has 186 valence electrons. The molecule has 0 N–H and O–H groups in total. The van der Waals surface area contributed by atoms with E-state index >= 15 is 0 Å². The lowest BCUT2D eigenvalue weighted by molar-refractivity contribution is 0.103. The molecule has 38 heavy (non-hydrogen) atoms. The van der Waals surface area contributed by atoms with Gasteiger partial charge in [-0.15, -0.1) is 0 Å². The maximum Gasteiger partial charge on any atom is 0.193 e. The van der Waals surface area contributed by atoms with Crippen molar-refractivity contribution in [3.05, 3.63) is 149 Å². The van der Waals surface area contributed by atoms with E-state index in [0.717, 1.165) is 22.4 Å². The molecule has 0 fully saturated rings. The largest absolute Gasteiger partial charge is 0.497 e. The third-order valence-electron chi connectivity index (χ3n) is 6.33. The van der Waals surface area contributed by atoms with Crippen LogP contribution in [0.1, 0.15) is 37.4 Å². The highest BCUT2D eigenvalue weighted by atomic mass is 16.5. The number of carbonyl (C=O) groups is 2. The van der Waals surface area contributed by atoms with Crippen LogP contribution in [0.2, 0.25) is 0 Å². The first-order valence-corrected chi connectivity index (χ1v) is 12.3. The zero-order chi connectivity index (χ0) is 26.5. The van der Waals surface area contributed by atoms with Crippen molar-refractivity contribution in [3.63, 3.8) is 0 Å². The summed E-state index contributed by atoms with van der Waals surface area (Å²) in [7, 11) is 1.65. The molecule has 0 aliphatic carbocycles. The highest BCUT2D eigenvalue weighted by Crippen LogP contribution is 2.27. The molecule has 0 aliphatic rings. The average Bonchev–Trinajstić information content (AvgIpc) is 2.98. The van der Waals surface area contributed by atoms with E-state index in [1.54, 1.807) is 67.8 Å². The first-order valence-electron chi connectivity index (χ1n) is 12.3. The predicted octanol–water partition coefficient (Wildman–Crippen LogP) is 7.92. The van der Waals surface area contributed by atoms with Crippen molar-refractivity contribution in [2.24, 2.45) is 0 Å². The number of benzene rings is 5. The van der Waals surface area contributed by atoms with E-state index in [1.165, 1.54) is 0 Å². The van der Waals surface area contributed by atoms with Gasteiger partial charge in [0.2, 0.25) is 0 Å². The maximum atomic E-state index is 13.1.